The van der Waals surface area contributed by atoms with Crippen molar-refractivity contribution in [2.24, 2.45) is 5.92 Å². The van der Waals surface area contributed by atoms with Gasteiger partial charge in [0.05, 0.1) is 5.92 Å². The fourth-order valence-corrected chi connectivity index (χ4v) is 3.34. The van der Waals surface area contributed by atoms with E-state index in [2.05, 4.69) is 15.5 Å². The van der Waals surface area contributed by atoms with Crippen LogP contribution in [0, 0.1) is 5.92 Å². The number of carboxylic acid groups (broad SMARTS) is 1. The first kappa shape index (κ1) is 15.7. The second kappa shape index (κ2) is 6.91. The Kier molecular flexibility index (Phi) is 4.71. The van der Waals surface area contributed by atoms with Crippen molar-refractivity contribution in [3.8, 4) is 11.5 Å². The van der Waals surface area contributed by atoms with Crippen LogP contribution < -0.4 is 5.32 Å². The average Bonchev–Trinajstić information content (AvgIpc) is 3.25. The van der Waals surface area contributed by atoms with Crippen LogP contribution in [0.2, 0.25) is 0 Å². The van der Waals surface area contributed by atoms with Crippen molar-refractivity contribution >= 4 is 23.2 Å². The van der Waals surface area contributed by atoms with Gasteiger partial charge in [-0.05, 0) is 30.7 Å². The van der Waals surface area contributed by atoms with E-state index in [0.29, 0.717) is 37.5 Å². The smallest absolute Gasteiger partial charge is 0.306 e. The van der Waals surface area contributed by atoms with Crippen LogP contribution >= 0.6 is 11.3 Å². The number of thiophene rings is 1. The highest BCUT2D eigenvalue weighted by atomic mass is 32.1. The fraction of sp³-hybridized carbons (Fsp3) is 0.467. The van der Waals surface area contributed by atoms with E-state index in [4.69, 9.17) is 9.52 Å². The van der Waals surface area contributed by atoms with E-state index in [-0.39, 0.29) is 24.3 Å². The van der Waals surface area contributed by atoms with Crippen molar-refractivity contribution in [3.63, 3.8) is 0 Å². The minimum Gasteiger partial charge on any atom is -0.481 e. The third-order valence-corrected chi connectivity index (χ3v) is 4.63. The summed E-state index contributed by atoms with van der Waals surface area (Å²) in [7, 11) is 0. The molecule has 122 valence electrons. The van der Waals surface area contributed by atoms with Crippen molar-refractivity contribution < 1.29 is 19.1 Å². The molecule has 1 aliphatic rings. The predicted octanol–water partition coefficient (Wildman–Crippen LogP) is 2.10. The highest BCUT2D eigenvalue weighted by Gasteiger charge is 2.30. The first-order valence-corrected chi connectivity index (χ1v) is 8.43. The van der Waals surface area contributed by atoms with E-state index in [1.165, 1.54) is 0 Å². The Labute approximate surface area is 136 Å². The molecule has 1 fully saturated rings. The number of carboxylic acids is 1. The van der Waals surface area contributed by atoms with Crippen LogP contribution in [-0.4, -0.2) is 33.2 Å². The first-order chi connectivity index (χ1) is 11.1. The van der Waals surface area contributed by atoms with Crippen LogP contribution in [0.4, 0.5) is 0 Å². The van der Waals surface area contributed by atoms with Gasteiger partial charge in [0.15, 0.2) is 0 Å². The van der Waals surface area contributed by atoms with E-state index in [0.717, 1.165) is 5.56 Å². The molecule has 2 aromatic rings. The van der Waals surface area contributed by atoms with Crippen molar-refractivity contribution in [1.29, 1.82) is 0 Å². The van der Waals surface area contributed by atoms with Crippen molar-refractivity contribution in [1.82, 2.24) is 15.5 Å². The number of nitrogens with one attached hydrogen (secondary N) is 1. The van der Waals surface area contributed by atoms with Gasteiger partial charge in [0.25, 0.3) is 0 Å². The molecule has 2 aromatic heterocycles. The number of amides is 1. The number of aryl methyl sites for hydroxylation is 1. The minimum absolute atomic E-state index is 0.0485. The van der Waals surface area contributed by atoms with Crippen LogP contribution in [0.3, 0.4) is 0 Å². The van der Waals surface area contributed by atoms with Gasteiger partial charge in [-0.25, -0.2) is 0 Å². The maximum Gasteiger partial charge on any atom is 0.306 e. The molecule has 0 radical (unpaired) electrons. The van der Waals surface area contributed by atoms with Crippen LogP contribution in [0.5, 0.6) is 0 Å². The van der Waals surface area contributed by atoms with Gasteiger partial charge < -0.3 is 14.8 Å². The number of hydrogen-bond acceptors (Lipinski definition) is 6. The molecule has 0 spiro atoms. The zero-order chi connectivity index (χ0) is 16.2. The summed E-state index contributed by atoms with van der Waals surface area (Å²) >= 11 is 1.55. The van der Waals surface area contributed by atoms with E-state index >= 15 is 0 Å². The molecule has 0 bridgehead atoms. The Balaban J connectivity index is 1.45. The summed E-state index contributed by atoms with van der Waals surface area (Å²) in [4.78, 5) is 22.8. The van der Waals surface area contributed by atoms with Gasteiger partial charge in [0, 0.05) is 29.8 Å². The van der Waals surface area contributed by atoms with Crippen LogP contribution in [-0.2, 0) is 16.0 Å². The summed E-state index contributed by atoms with van der Waals surface area (Å²) in [6, 6.07) is 1.85. The lowest BCUT2D eigenvalue weighted by atomic mass is 10.1. The van der Waals surface area contributed by atoms with Gasteiger partial charge in [0.2, 0.25) is 17.7 Å². The number of rotatable bonds is 6. The predicted molar refractivity (Wildman–Crippen MR) is 82.8 cm³/mol. The third kappa shape index (κ3) is 3.95. The summed E-state index contributed by atoms with van der Waals surface area (Å²) in [6.45, 7) is 0. The molecule has 23 heavy (non-hydrogen) atoms. The van der Waals surface area contributed by atoms with Gasteiger partial charge in [-0.15, -0.1) is 10.2 Å². The molecular weight excluding hydrogens is 318 g/mol. The Morgan fingerprint density at radius 3 is 2.96 bits per heavy atom. The Bertz CT molecular complexity index is 683. The van der Waals surface area contributed by atoms with Gasteiger partial charge in [-0.3, -0.25) is 9.59 Å². The Hall–Kier alpha value is -2.22. The van der Waals surface area contributed by atoms with Gasteiger partial charge in [-0.1, -0.05) is 0 Å². The van der Waals surface area contributed by atoms with E-state index in [9.17, 15) is 9.59 Å². The molecule has 2 heterocycles. The number of nitrogens with zero attached hydrogens (tertiary/aromatic N) is 2. The maximum absolute atomic E-state index is 11.9. The van der Waals surface area contributed by atoms with E-state index in [1.54, 1.807) is 11.3 Å². The summed E-state index contributed by atoms with van der Waals surface area (Å²) in [5.41, 5.74) is 0.879. The molecule has 3 rings (SSSR count). The molecule has 2 N–H and O–H groups in total. The van der Waals surface area contributed by atoms with Crippen LogP contribution in [0.25, 0.3) is 11.5 Å². The molecule has 0 aliphatic heterocycles. The van der Waals surface area contributed by atoms with Gasteiger partial charge >= 0.3 is 5.97 Å². The molecule has 8 heteroatoms. The second-order valence-corrected chi connectivity index (χ2v) is 6.41. The number of aromatic nitrogens is 2. The normalized spacial score (nSPS) is 20.5. The highest BCUT2D eigenvalue weighted by molar-refractivity contribution is 7.08. The molecule has 0 unspecified atom stereocenters. The SMILES string of the molecule is O=C(CCc1nnc(-c2ccsc2)o1)N[C@@H]1CC[C@H](C(=O)O)C1. The van der Waals surface area contributed by atoms with E-state index in [1.807, 2.05) is 16.8 Å². The Morgan fingerprint density at radius 2 is 2.26 bits per heavy atom. The largest absolute Gasteiger partial charge is 0.481 e. The summed E-state index contributed by atoms with van der Waals surface area (Å²) < 4.78 is 5.52. The monoisotopic (exact) mass is 335 g/mol. The molecule has 0 saturated heterocycles. The van der Waals surface area contributed by atoms with Gasteiger partial charge in [-0.2, -0.15) is 11.3 Å². The van der Waals surface area contributed by atoms with Crippen molar-refractivity contribution in [3.05, 3.63) is 22.7 Å². The highest BCUT2D eigenvalue weighted by Crippen LogP contribution is 2.25. The molecule has 2 atom stereocenters. The zero-order valence-electron chi connectivity index (χ0n) is 12.4. The number of aliphatic carboxylic acids is 1. The average molecular weight is 335 g/mol. The molecule has 1 saturated carbocycles. The first-order valence-electron chi connectivity index (χ1n) is 7.49. The molecule has 1 aliphatic carbocycles. The number of carbonyl (C=O) groups excluding carboxylic acids is 1. The Morgan fingerprint density at radius 1 is 1.39 bits per heavy atom. The lowest BCUT2D eigenvalue weighted by molar-refractivity contribution is -0.141. The summed E-state index contributed by atoms with van der Waals surface area (Å²) in [6.07, 6.45) is 2.46. The zero-order valence-corrected chi connectivity index (χ0v) is 13.2. The maximum atomic E-state index is 11.9. The molecule has 7 nitrogen and oxygen atoms in total. The topological polar surface area (TPSA) is 105 Å². The van der Waals surface area contributed by atoms with Crippen molar-refractivity contribution in [2.75, 3.05) is 0 Å². The summed E-state index contributed by atoms with van der Waals surface area (Å²) in [5.74, 6) is -0.354. The standard InChI is InChI=1S/C15H17N3O4S/c19-12(16-11-2-1-9(7-11)15(20)21)3-4-13-17-18-14(22-13)10-5-6-23-8-10/h5-6,8-9,11H,1-4,7H2,(H,16,19)(H,20,21)/t9-,11+/m0/s1. The lowest BCUT2D eigenvalue weighted by Crippen LogP contribution is -2.33. The van der Waals surface area contributed by atoms with E-state index < -0.39 is 5.97 Å². The minimum atomic E-state index is -0.784. The lowest BCUT2D eigenvalue weighted by Gasteiger charge is -2.11. The van der Waals surface area contributed by atoms with Crippen LogP contribution in [0.15, 0.2) is 21.2 Å². The quantitative estimate of drug-likeness (QED) is 0.837. The molecule has 0 aromatic carbocycles. The fourth-order valence-electron chi connectivity index (χ4n) is 2.71. The number of hydrogen-bond donors (Lipinski definition) is 2. The third-order valence-electron chi connectivity index (χ3n) is 3.95. The summed E-state index contributed by atoms with van der Waals surface area (Å²) in [5, 5.41) is 23.6. The van der Waals surface area contributed by atoms with Crippen LogP contribution in [0.1, 0.15) is 31.6 Å². The van der Waals surface area contributed by atoms with Gasteiger partial charge in [0.1, 0.15) is 0 Å². The van der Waals surface area contributed by atoms with Crippen molar-refractivity contribution in [2.45, 2.75) is 38.1 Å². The molecular formula is C15H17N3O4S. The molecule has 1 amide bonds. The second-order valence-electron chi connectivity index (χ2n) is 5.63. The number of carbonyl (C=O) groups is 2.